The number of aliphatic hydroxyl groups is 1. The molecule has 4 heteroatoms. The van der Waals surface area contributed by atoms with Crippen LogP contribution in [0.5, 0.6) is 0 Å². The fraction of sp³-hybridized carbons (Fsp3) is 0.400. The van der Waals surface area contributed by atoms with Gasteiger partial charge in [-0.15, -0.1) is 12.4 Å². The van der Waals surface area contributed by atoms with E-state index in [9.17, 15) is 5.11 Å². The molecule has 3 aromatic rings. The number of fused-ring (bicyclic) bond motifs is 3. The molecule has 0 heterocycles. The molecule has 1 atom stereocenters. The van der Waals surface area contributed by atoms with Gasteiger partial charge in [0.1, 0.15) is 0 Å². The summed E-state index contributed by atoms with van der Waals surface area (Å²) < 4.78 is 0. The molecule has 0 radical (unpaired) electrons. The van der Waals surface area contributed by atoms with Gasteiger partial charge in [0.2, 0.25) is 0 Å². The maximum absolute atomic E-state index is 11.3. The first-order chi connectivity index (χ1) is 13.8. The monoisotopic (exact) mass is 408 g/mol. The highest BCUT2D eigenvalue weighted by atomic mass is 35.5. The third-order valence-corrected chi connectivity index (χ3v) is 6.17. The molecule has 1 N–H and O–H groups in total. The second kappa shape index (κ2) is 10.1. The van der Waals surface area contributed by atoms with Crippen molar-refractivity contribution in [2.45, 2.75) is 50.7 Å². The number of benzene rings is 3. The number of rotatable bonds is 6. The SMILES string of the molecule is Cl.N#CCCN(CC(O)c1cc2ccccc2c2ccccc12)C1CCCCC1. The van der Waals surface area contributed by atoms with E-state index in [4.69, 9.17) is 5.26 Å². The second-order valence-corrected chi connectivity index (χ2v) is 7.94. The molecule has 0 aromatic heterocycles. The van der Waals surface area contributed by atoms with Gasteiger partial charge in [-0.25, -0.2) is 0 Å². The molecule has 1 fully saturated rings. The van der Waals surface area contributed by atoms with Gasteiger partial charge < -0.3 is 5.11 Å². The van der Waals surface area contributed by atoms with Crippen LogP contribution >= 0.6 is 12.4 Å². The number of hydrogen-bond donors (Lipinski definition) is 1. The Morgan fingerprint density at radius 1 is 0.966 bits per heavy atom. The van der Waals surface area contributed by atoms with E-state index in [1.807, 2.05) is 6.07 Å². The highest BCUT2D eigenvalue weighted by molar-refractivity contribution is 6.09. The van der Waals surface area contributed by atoms with Gasteiger partial charge in [-0.05, 0) is 46.0 Å². The van der Waals surface area contributed by atoms with Crippen molar-refractivity contribution in [2.75, 3.05) is 13.1 Å². The number of hydrogen-bond acceptors (Lipinski definition) is 3. The number of halogens is 1. The van der Waals surface area contributed by atoms with Crippen molar-refractivity contribution in [3.63, 3.8) is 0 Å². The summed E-state index contributed by atoms with van der Waals surface area (Å²) in [6.45, 7) is 1.33. The summed E-state index contributed by atoms with van der Waals surface area (Å²) in [4.78, 5) is 2.36. The van der Waals surface area contributed by atoms with E-state index >= 15 is 0 Å². The quantitative estimate of drug-likeness (QED) is 0.509. The average Bonchev–Trinajstić information content (AvgIpc) is 2.76. The van der Waals surface area contributed by atoms with Crippen LogP contribution in [0.15, 0.2) is 54.6 Å². The van der Waals surface area contributed by atoms with Gasteiger partial charge in [-0.1, -0.05) is 67.8 Å². The molecule has 1 aliphatic rings. The fourth-order valence-corrected chi connectivity index (χ4v) is 4.74. The number of nitriles is 1. The van der Waals surface area contributed by atoms with Gasteiger partial charge >= 0.3 is 0 Å². The van der Waals surface area contributed by atoms with Gasteiger partial charge in [0.05, 0.1) is 12.2 Å². The zero-order valence-electron chi connectivity index (χ0n) is 16.8. The molecule has 0 amide bonds. The molecule has 0 bridgehead atoms. The highest BCUT2D eigenvalue weighted by Crippen LogP contribution is 2.33. The van der Waals surface area contributed by atoms with E-state index in [0.29, 0.717) is 19.0 Å². The Morgan fingerprint density at radius 3 is 2.34 bits per heavy atom. The van der Waals surface area contributed by atoms with Crippen LogP contribution in [0.2, 0.25) is 0 Å². The van der Waals surface area contributed by atoms with Gasteiger partial charge in [0.15, 0.2) is 0 Å². The highest BCUT2D eigenvalue weighted by Gasteiger charge is 2.24. The van der Waals surface area contributed by atoms with Crippen molar-refractivity contribution in [1.29, 1.82) is 5.26 Å². The normalized spacial score (nSPS) is 15.9. The van der Waals surface area contributed by atoms with Crippen LogP contribution in [0, 0.1) is 11.3 Å². The van der Waals surface area contributed by atoms with Crippen LogP contribution in [-0.4, -0.2) is 29.1 Å². The number of nitrogens with zero attached hydrogens (tertiary/aromatic N) is 2. The van der Waals surface area contributed by atoms with Crippen LogP contribution in [0.3, 0.4) is 0 Å². The van der Waals surface area contributed by atoms with Crippen LogP contribution in [0.1, 0.15) is 50.2 Å². The fourth-order valence-electron chi connectivity index (χ4n) is 4.74. The minimum atomic E-state index is -0.560. The van der Waals surface area contributed by atoms with Gasteiger partial charge in [-0.3, -0.25) is 4.90 Å². The molecule has 3 nitrogen and oxygen atoms in total. The summed E-state index contributed by atoms with van der Waals surface area (Å²) in [6, 6.07) is 21.7. The van der Waals surface area contributed by atoms with Crippen LogP contribution in [0.25, 0.3) is 21.5 Å². The smallest absolute Gasteiger partial charge is 0.0923 e. The lowest BCUT2D eigenvalue weighted by atomic mass is 9.92. The first kappa shape index (κ1) is 21.6. The molecule has 152 valence electrons. The van der Waals surface area contributed by atoms with Crippen molar-refractivity contribution < 1.29 is 5.11 Å². The molecule has 0 saturated heterocycles. The van der Waals surface area contributed by atoms with E-state index in [0.717, 1.165) is 22.9 Å². The largest absolute Gasteiger partial charge is 0.387 e. The molecule has 4 rings (SSSR count). The maximum atomic E-state index is 11.3. The molecule has 1 unspecified atom stereocenters. The molecular weight excluding hydrogens is 380 g/mol. The zero-order chi connectivity index (χ0) is 19.3. The van der Waals surface area contributed by atoms with E-state index < -0.39 is 6.10 Å². The predicted molar refractivity (Wildman–Crippen MR) is 122 cm³/mol. The van der Waals surface area contributed by atoms with E-state index in [-0.39, 0.29) is 12.4 Å². The van der Waals surface area contributed by atoms with Crippen molar-refractivity contribution >= 4 is 34.0 Å². The lowest BCUT2D eigenvalue weighted by molar-refractivity contribution is 0.0751. The third-order valence-electron chi connectivity index (χ3n) is 6.17. The van der Waals surface area contributed by atoms with Crippen molar-refractivity contribution in [3.05, 3.63) is 60.2 Å². The van der Waals surface area contributed by atoms with Crippen LogP contribution in [0.4, 0.5) is 0 Å². The lowest BCUT2D eigenvalue weighted by Crippen LogP contribution is -2.40. The molecule has 29 heavy (non-hydrogen) atoms. The summed E-state index contributed by atoms with van der Waals surface area (Å²) in [5, 5.41) is 25.0. The summed E-state index contributed by atoms with van der Waals surface area (Å²) in [5.41, 5.74) is 0.993. The summed E-state index contributed by atoms with van der Waals surface area (Å²) >= 11 is 0. The van der Waals surface area contributed by atoms with E-state index in [2.05, 4.69) is 59.5 Å². The Balaban J connectivity index is 0.00000240. The standard InChI is InChI=1S/C25H28N2O.ClH/c26-15-8-16-27(20-10-2-1-3-11-20)18-25(28)24-17-19-9-4-5-12-21(19)22-13-6-7-14-23(22)24;/h4-7,9,12-14,17,20,25,28H,1-3,8,10-11,16,18H2;1H. The Morgan fingerprint density at radius 2 is 1.62 bits per heavy atom. The summed E-state index contributed by atoms with van der Waals surface area (Å²) in [5.74, 6) is 0. The van der Waals surface area contributed by atoms with Crippen molar-refractivity contribution in [2.24, 2.45) is 0 Å². The minimum Gasteiger partial charge on any atom is -0.387 e. The predicted octanol–water partition coefficient (Wildman–Crippen LogP) is 6.00. The van der Waals surface area contributed by atoms with Gasteiger partial charge in [0, 0.05) is 25.6 Å². The van der Waals surface area contributed by atoms with E-state index in [1.165, 1.54) is 42.9 Å². The van der Waals surface area contributed by atoms with Crippen LogP contribution in [-0.2, 0) is 0 Å². The van der Waals surface area contributed by atoms with Gasteiger partial charge in [-0.2, -0.15) is 5.26 Å². The first-order valence-corrected chi connectivity index (χ1v) is 10.5. The summed E-state index contributed by atoms with van der Waals surface area (Å²) in [7, 11) is 0. The molecule has 0 aliphatic heterocycles. The molecule has 1 aliphatic carbocycles. The van der Waals surface area contributed by atoms with E-state index in [1.54, 1.807) is 0 Å². The Labute approximate surface area is 179 Å². The molecule has 3 aromatic carbocycles. The lowest BCUT2D eigenvalue weighted by Gasteiger charge is -2.35. The summed E-state index contributed by atoms with van der Waals surface area (Å²) in [6.07, 6.45) is 6.12. The second-order valence-electron chi connectivity index (χ2n) is 7.94. The van der Waals surface area contributed by atoms with Crippen LogP contribution < -0.4 is 0 Å². The Kier molecular flexibility index (Phi) is 7.50. The van der Waals surface area contributed by atoms with Gasteiger partial charge in [0.25, 0.3) is 0 Å². The Bertz CT molecular complexity index is 991. The number of aliphatic hydroxyl groups excluding tert-OH is 1. The third kappa shape index (κ3) is 4.73. The van der Waals surface area contributed by atoms with Crippen molar-refractivity contribution in [3.8, 4) is 6.07 Å². The molecule has 1 saturated carbocycles. The minimum absolute atomic E-state index is 0. The first-order valence-electron chi connectivity index (χ1n) is 10.5. The van der Waals surface area contributed by atoms with Crippen molar-refractivity contribution in [1.82, 2.24) is 4.90 Å². The zero-order valence-corrected chi connectivity index (χ0v) is 17.6. The Hall–Kier alpha value is -2.12. The molecular formula is C25H29ClN2O. The molecule has 0 spiro atoms. The average molecular weight is 409 g/mol. The topological polar surface area (TPSA) is 47.3 Å². The maximum Gasteiger partial charge on any atom is 0.0923 e.